The van der Waals surface area contributed by atoms with E-state index in [-0.39, 0.29) is 18.6 Å². The van der Waals surface area contributed by atoms with Crippen LogP contribution in [0.15, 0.2) is 22.7 Å². The van der Waals surface area contributed by atoms with E-state index in [4.69, 9.17) is 9.47 Å². The second-order valence-electron chi connectivity index (χ2n) is 4.97. The summed E-state index contributed by atoms with van der Waals surface area (Å²) in [6, 6.07) is 5.96. The van der Waals surface area contributed by atoms with Gasteiger partial charge < -0.3 is 19.7 Å². The van der Waals surface area contributed by atoms with Crippen LogP contribution in [0.4, 0.5) is 0 Å². The van der Waals surface area contributed by atoms with Gasteiger partial charge in [-0.3, -0.25) is 4.79 Å². The van der Waals surface area contributed by atoms with Crippen molar-refractivity contribution in [3.8, 4) is 5.75 Å². The number of morpholine rings is 1. The minimum Gasteiger partial charge on any atom is -0.483 e. The quantitative estimate of drug-likeness (QED) is 0.876. The standard InChI is InChI=1S/C15H21BrN2O3/c1-11(17-2)13-9-12(16)3-4-14(13)21-10-15(19)18-5-7-20-8-6-18/h3-4,9,11,17H,5-8,10H2,1-2H3. The van der Waals surface area contributed by atoms with Crippen LogP contribution in [0.25, 0.3) is 0 Å². The fourth-order valence-electron chi connectivity index (χ4n) is 2.19. The molecule has 1 amide bonds. The number of ether oxygens (including phenoxy) is 2. The number of carbonyl (C=O) groups is 1. The highest BCUT2D eigenvalue weighted by atomic mass is 79.9. The van der Waals surface area contributed by atoms with Gasteiger partial charge in [-0.1, -0.05) is 15.9 Å². The summed E-state index contributed by atoms with van der Waals surface area (Å²) < 4.78 is 12.0. The Balaban J connectivity index is 2.00. The van der Waals surface area contributed by atoms with Gasteiger partial charge in [-0.05, 0) is 32.2 Å². The zero-order valence-corrected chi connectivity index (χ0v) is 14.0. The van der Waals surface area contributed by atoms with Crippen LogP contribution in [0.1, 0.15) is 18.5 Å². The summed E-state index contributed by atoms with van der Waals surface area (Å²) in [6.45, 7) is 4.60. The average Bonchev–Trinajstić information content (AvgIpc) is 2.53. The maximum absolute atomic E-state index is 12.1. The lowest BCUT2D eigenvalue weighted by Crippen LogP contribution is -2.43. The molecule has 0 spiro atoms. The molecule has 0 aromatic heterocycles. The molecule has 1 aromatic carbocycles. The van der Waals surface area contributed by atoms with Gasteiger partial charge in [-0.25, -0.2) is 0 Å². The number of halogens is 1. The van der Waals surface area contributed by atoms with Gasteiger partial charge in [0.25, 0.3) is 5.91 Å². The highest BCUT2D eigenvalue weighted by Crippen LogP contribution is 2.28. The van der Waals surface area contributed by atoms with E-state index in [1.54, 1.807) is 4.90 Å². The summed E-state index contributed by atoms with van der Waals surface area (Å²) in [5.41, 5.74) is 1.03. The van der Waals surface area contributed by atoms with Crippen LogP contribution in [-0.4, -0.2) is 50.8 Å². The van der Waals surface area contributed by atoms with Gasteiger partial charge in [0.1, 0.15) is 5.75 Å². The Morgan fingerprint density at radius 1 is 1.48 bits per heavy atom. The largest absolute Gasteiger partial charge is 0.483 e. The molecule has 116 valence electrons. The molecule has 21 heavy (non-hydrogen) atoms. The summed E-state index contributed by atoms with van der Waals surface area (Å²) in [7, 11) is 1.90. The van der Waals surface area contributed by atoms with E-state index in [1.165, 1.54) is 0 Å². The van der Waals surface area contributed by atoms with E-state index in [0.717, 1.165) is 15.8 Å². The molecule has 1 unspecified atom stereocenters. The van der Waals surface area contributed by atoms with E-state index >= 15 is 0 Å². The minimum atomic E-state index is 0.00396. The van der Waals surface area contributed by atoms with Gasteiger partial charge in [0.05, 0.1) is 13.2 Å². The van der Waals surface area contributed by atoms with Crippen molar-refractivity contribution in [1.29, 1.82) is 0 Å². The van der Waals surface area contributed by atoms with E-state index < -0.39 is 0 Å². The van der Waals surface area contributed by atoms with Crippen molar-refractivity contribution < 1.29 is 14.3 Å². The summed E-state index contributed by atoms with van der Waals surface area (Å²) in [5, 5.41) is 3.19. The molecule has 1 aromatic rings. The van der Waals surface area contributed by atoms with E-state index in [0.29, 0.717) is 26.3 Å². The van der Waals surface area contributed by atoms with Crippen LogP contribution in [-0.2, 0) is 9.53 Å². The smallest absolute Gasteiger partial charge is 0.260 e. The van der Waals surface area contributed by atoms with Crippen LogP contribution in [0.5, 0.6) is 5.75 Å². The Morgan fingerprint density at radius 2 is 2.19 bits per heavy atom. The van der Waals surface area contributed by atoms with Crippen LogP contribution < -0.4 is 10.1 Å². The van der Waals surface area contributed by atoms with Gasteiger partial charge in [0.15, 0.2) is 6.61 Å². The number of carbonyl (C=O) groups excluding carboxylic acids is 1. The third kappa shape index (κ3) is 4.43. The van der Waals surface area contributed by atoms with Crippen LogP contribution in [0.2, 0.25) is 0 Å². The third-order valence-electron chi connectivity index (χ3n) is 3.59. The SMILES string of the molecule is CNC(C)c1cc(Br)ccc1OCC(=O)N1CCOCC1. The summed E-state index contributed by atoms with van der Waals surface area (Å²) >= 11 is 3.46. The molecule has 0 bridgehead atoms. The molecule has 1 N–H and O–H groups in total. The van der Waals surface area contributed by atoms with Gasteiger partial charge in [-0.15, -0.1) is 0 Å². The number of nitrogens with zero attached hydrogens (tertiary/aromatic N) is 1. The van der Waals surface area contributed by atoms with Gasteiger partial charge in [0, 0.05) is 29.2 Å². The highest BCUT2D eigenvalue weighted by Gasteiger charge is 2.18. The number of hydrogen-bond donors (Lipinski definition) is 1. The molecule has 2 rings (SSSR count). The fourth-order valence-corrected chi connectivity index (χ4v) is 2.57. The molecular weight excluding hydrogens is 336 g/mol. The molecule has 1 fully saturated rings. The molecule has 1 saturated heterocycles. The van der Waals surface area contributed by atoms with Gasteiger partial charge in [-0.2, -0.15) is 0 Å². The average molecular weight is 357 g/mol. The molecule has 1 aliphatic rings. The first-order chi connectivity index (χ1) is 10.1. The van der Waals surface area contributed by atoms with Crippen molar-refractivity contribution in [2.75, 3.05) is 40.0 Å². The predicted octanol–water partition coefficient (Wildman–Crippen LogP) is 1.97. The Hall–Kier alpha value is -1.11. The Kier molecular flexibility index (Phi) is 6.02. The predicted molar refractivity (Wildman–Crippen MR) is 84.5 cm³/mol. The molecule has 0 saturated carbocycles. The first-order valence-electron chi connectivity index (χ1n) is 7.07. The second kappa shape index (κ2) is 7.77. The van der Waals surface area contributed by atoms with Crippen molar-refractivity contribution >= 4 is 21.8 Å². The van der Waals surface area contributed by atoms with Crippen LogP contribution in [0, 0.1) is 0 Å². The molecule has 1 aliphatic heterocycles. The highest BCUT2D eigenvalue weighted by molar-refractivity contribution is 9.10. The molecule has 1 heterocycles. The van der Waals surface area contributed by atoms with Crippen molar-refractivity contribution in [1.82, 2.24) is 10.2 Å². The lowest BCUT2D eigenvalue weighted by Gasteiger charge is -2.27. The number of benzene rings is 1. The number of hydrogen-bond acceptors (Lipinski definition) is 4. The summed E-state index contributed by atoms with van der Waals surface area (Å²) in [4.78, 5) is 13.9. The maximum Gasteiger partial charge on any atom is 0.260 e. The summed E-state index contributed by atoms with van der Waals surface area (Å²) in [5.74, 6) is 0.742. The lowest BCUT2D eigenvalue weighted by molar-refractivity contribution is -0.137. The van der Waals surface area contributed by atoms with Crippen LogP contribution >= 0.6 is 15.9 Å². The van der Waals surface area contributed by atoms with E-state index in [1.807, 2.05) is 25.2 Å². The molecule has 0 radical (unpaired) electrons. The summed E-state index contributed by atoms with van der Waals surface area (Å²) in [6.07, 6.45) is 0. The van der Waals surface area contributed by atoms with E-state index in [2.05, 4.69) is 28.2 Å². The molecular formula is C15H21BrN2O3. The Labute approximate surface area is 133 Å². The number of rotatable bonds is 5. The molecule has 5 nitrogen and oxygen atoms in total. The zero-order chi connectivity index (χ0) is 15.2. The molecule has 0 aliphatic carbocycles. The van der Waals surface area contributed by atoms with E-state index in [9.17, 15) is 4.79 Å². The first kappa shape index (κ1) is 16.3. The lowest BCUT2D eigenvalue weighted by atomic mass is 10.1. The van der Waals surface area contributed by atoms with Crippen molar-refractivity contribution in [3.63, 3.8) is 0 Å². The minimum absolute atomic E-state index is 0.00396. The fraction of sp³-hybridized carbons (Fsp3) is 0.533. The van der Waals surface area contributed by atoms with Gasteiger partial charge >= 0.3 is 0 Å². The number of amides is 1. The first-order valence-corrected chi connectivity index (χ1v) is 7.86. The zero-order valence-electron chi connectivity index (χ0n) is 12.4. The van der Waals surface area contributed by atoms with Crippen molar-refractivity contribution in [2.45, 2.75) is 13.0 Å². The molecule has 6 heteroatoms. The third-order valence-corrected chi connectivity index (χ3v) is 4.08. The maximum atomic E-state index is 12.1. The topological polar surface area (TPSA) is 50.8 Å². The molecule has 1 atom stereocenters. The number of nitrogens with one attached hydrogen (secondary N) is 1. The second-order valence-corrected chi connectivity index (χ2v) is 5.89. The Bertz CT molecular complexity index is 490. The van der Waals surface area contributed by atoms with Crippen molar-refractivity contribution in [2.24, 2.45) is 0 Å². The Morgan fingerprint density at radius 3 is 2.86 bits per heavy atom. The van der Waals surface area contributed by atoms with Gasteiger partial charge in [0.2, 0.25) is 0 Å². The van der Waals surface area contributed by atoms with Crippen molar-refractivity contribution in [3.05, 3.63) is 28.2 Å². The monoisotopic (exact) mass is 356 g/mol. The normalized spacial score (nSPS) is 16.6. The van der Waals surface area contributed by atoms with Crippen LogP contribution in [0.3, 0.4) is 0 Å².